The van der Waals surface area contributed by atoms with Gasteiger partial charge in [0.1, 0.15) is 5.54 Å². The van der Waals surface area contributed by atoms with Crippen LogP contribution in [0.2, 0.25) is 0 Å². The second-order valence-corrected chi connectivity index (χ2v) is 6.53. The standard InChI is InChI=1S/C19H23N3O2/c1-2-13-20-18(24)22-19(17(23)21-15-8-4-5-9-15)12-11-14-7-3-6-10-16(14)19/h1,3,6-7,10,15H,4-5,8-9,11-13H2,(H,21,23)(H2,20,22,24). The summed E-state index contributed by atoms with van der Waals surface area (Å²) in [6.07, 6.45) is 10.8. The van der Waals surface area contributed by atoms with Crippen molar-refractivity contribution in [3.63, 3.8) is 0 Å². The van der Waals surface area contributed by atoms with Gasteiger partial charge in [0, 0.05) is 6.04 Å². The summed E-state index contributed by atoms with van der Waals surface area (Å²) in [6.45, 7) is 0.133. The van der Waals surface area contributed by atoms with Crippen molar-refractivity contribution in [3.05, 3.63) is 35.4 Å². The molecule has 5 heteroatoms. The Labute approximate surface area is 142 Å². The summed E-state index contributed by atoms with van der Waals surface area (Å²) >= 11 is 0. The van der Waals surface area contributed by atoms with Gasteiger partial charge in [-0.05, 0) is 36.8 Å². The van der Waals surface area contributed by atoms with E-state index in [2.05, 4.69) is 21.9 Å². The van der Waals surface area contributed by atoms with Crippen LogP contribution in [0.4, 0.5) is 4.79 Å². The Hall–Kier alpha value is -2.48. The molecule has 0 aliphatic heterocycles. The molecule has 1 atom stereocenters. The first-order valence-electron chi connectivity index (χ1n) is 8.54. The Morgan fingerprint density at radius 3 is 2.75 bits per heavy atom. The quantitative estimate of drug-likeness (QED) is 0.739. The maximum atomic E-state index is 13.1. The minimum atomic E-state index is -1.02. The Kier molecular flexibility index (Phi) is 4.75. The molecule has 3 rings (SSSR count). The Morgan fingerprint density at radius 2 is 2.00 bits per heavy atom. The number of carbonyl (C=O) groups is 2. The molecule has 1 aromatic rings. The van der Waals surface area contributed by atoms with Gasteiger partial charge in [-0.15, -0.1) is 6.42 Å². The predicted molar refractivity (Wildman–Crippen MR) is 92.2 cm³/mol. The van der Waals surface area contributed by atoms with E-state index in [9.17, 15) is 9.59 Å². The fourth-order valence-corrected chi connectivity index (χ4v) is 3.78. The van der Waals surface area contributed by atoms with Crippen LogP contribution in [0, 0.1) is 12.3 Å². The maximum absolute atomic E-state index is 13.1. The number of urea groups is 1. The Morgan fingerprint density at radius 1 is 1.25 bits per heavy atom. The number of nitrogens with one attached hydrogen (secondary N) is 3. The number of hydrogen-bond donors (Lipinski definition) is 3. The van der Waals surface area contributed by atoms with Crippen LogP contribution in [0.5, 0.6) is 0 Å². The van der Waals surface area contributed by atoms with Crippen LogP contribution < -0.4 is 16.0 Å². The first-order valence-corrected chi connectivity index (χ1v) is 8.54. The summed E-state index contributed by atoms with van der Waals surface area (Å²) in [5, 5.41) is 8.64. The van der Waals surface area contributed by atoms with Crippen molar-refractivity contribution in [2.45, 2.75) is 50.1 Å². The van der Waals surface area contributed by atoms with Gasteiger partial charge in [-0.1, -0.05) is 43.0 Å². The molecule has 0 heterocycles. The van der Waals surface area contributed by atoms with E-state index in [0.717, 1.165) is 43.2 Å². The summed E-state index contributed by atoms with van der Waals surface area (Å²) in [6, 6.07) is 7.60. The van der Waals surface area contributed by atoms with Gasteiger partial charge in [0.2, 0.25) is 0 Å². The highest BCUT2D eigenvalue weighted by atomic mass is 16.2. The van der Waals surface area contributed by atoms with Gasteiger partial charge < -0.3 is 16.0 Å². The number of fused-ring (bicyclic) bond motifs is 1. The van der Waals surface area contributed by atoms with Gasteiger partial charge in [-0.3, -0.25) is 4.79 Å². The number of terminal acetylenes is 1. The second-order valence-electron chi connectivity index (χ2n) is 6.53. The topological polar surface area (TPSA) is 70.2 Å². The van der Waals surface area contributed by atoms with Crippen LogP contribution in [-0.2, 0) is 16.8 Å². The molecular weight excluding hydrogens is 302 g/mol. The molecule has 1 unspecified atom stereocenters. The minimum Gasteiger partial charge on any atom is -0.351 e. The molecule has 5 nitrogen and oxygen atoms in total. The molecule has 1 fully saturated rings. The largest absolute Gasteiger partial charge is 0.351 e. The van der Waals surface area contributed by atoms with Crippen LogP contribution >= 0.6 is 0 Å². The van der Waals surface area contributed by atoms with Crippen molar-refractivity contribution in [2.75, 3.05) is 6.54 Å². The fourth-order valence-electron chi connectivity index (χ4n) is 3.78. The van der Waals surface area contributed by atoms with E-state index in [1.807, 2.05) is 24.3 Å². The monoisotopic (exact) mass is 325 g/mol. The molecule has 0 saturated heterocycles. The zero-order valence-corrected chi connectivity index (χ0v) is 13.7. The summed E-state index contributed by atoms with van der Waals surface area (Å²) in [4.78, 5) is 25.3. The maximum Gasteiger partial charge on any atom is 0.316 e. The van der Waals surface area contributed by atoms with Crippen molar-refractivity contribution >= 4 is 11.9 Å². The van der Waals surface area contributed by atoms with Crippen molar-refractivity contribution in [1.82, 2.24) is 16.0 Å². The molecule has 0 aromatic heterocycles. The number of carbonyl (C=O) groups excluding carboxylic acids is 2. The first kappa shape index (κ1) is 16.4. The van der Waals surface area contributed by atoms with Crippen molar-refractivity contribution in [3.8, 4) is 12.3 Å². The molecule has 24 heavy (non-hydrogen) atoms. The smallest absolute Gasteiger partial charge is 0.316 e. The highest BCUT2D eigenvalue weighted by Gasteiger charge is 2.47. The van der Waals surface area contributed by atoms with Gasteiger partial charge in [0.15, 0.2) is 0 Å². The molecule has 0 spiro atoms. The van der Waals surface area contributed by atoms with Gasteiger partial charge >= 0.3 is 6.03 Å². The molecule has 0 bridgehead atoms. The number of rotatable bonds is 4. The van der Waals surface area contributed by atoms with Gasteiger partial charge in [-0.25, -0.2) is 4.79 Å². The average Bonchev–Trinajstić information content (AvgIpc) is 3.22. The van der Waals surface area contributed by atoms with Crippen molar-refractivity contribution < 1.29 is 9.59 Å². The van der Waals surface area contributed by atoms with Crippen LogP contribution in [0.15, 0.2) is 24.3 Å². The van der Waals surface area contributed by atoms with Crippen molar-refractivity contribution in [1.29, 1.82) is 0 Å². The Bertz CT molecular complexity index is 673. The van der Waals surface area contributed by atoms with E-state index >= 15 is 0 Å². The average molecular weight is 325 g/mol. The molecule has 126 valence electrons. The number of hydrogen-bond acceptors (Lipinski definition) is 2. The molecule has 1 saturated carbocycles. The lowest BCUT2D eigenvalue weighted by atomic mass is 9.90. The van der Waals surface area contributed by atoms with E-state index in [-0.39, 0.29) is 18.5 Å². The van der Waals surface area contributed by atoms with Crippen LogP contribution in [-0.4, -0.2) is 24.5 Å². The molecular formula is C19H23N3O2. The van der Waals surface area contributed by atoms with Crippen LogP contribution in [0.25, 0.3) is 0 Å². The molecule has 1 aromatic carbocycles. The van der Waals surface area contributed by atoms with E-state index in [4.69, 9.17) is 6.42 Å². The lowest BCUT2D eigenvalue weighted by Crippen LogP contribution is -2.58. The van der Waals surface area contributed by atoms with E-state index in [0.29, 0.717) is 6.42 Å². The van der Waals surface area contributed by atoms with Gasteiger partial charge in [0.05, 0.1) is 6.54 Å². The third kappa shape index (κ3) is 3.09. The normalized spacial score (nSPS) is 22.5. The minimum absolute atomic E-state index is 0.116. The summed E-state index contributed by atoms with van der Waals surface area (Å²) < 4.78 is 0. The predicted octanol–water partition coefficient (Wildman–Crippen LogP) is 1.82. The Balaban J connectivity index is 1.85. The lowest BCUT2D eigenvalue weighted by molar-refractivity contribution is -0.128. The van der Waals surface area contributed by atoms with Gasteiger partial charge in [0.25, 0.3) is 5.91 Å². The number of amides is 3. The molecule has 2 aliphatic rings. The fraction of sp³-hybridized carbons (Fsp3) is 0.474. The first-order chi connectivity index (χ1) is 11.7. The molecule has 3 N–H and O–H groups in total. The summed E-state index contributed by atoms with van der Waals surface area (Å²) in [7, 11) is 0. The van der Waals surface area contributed by atoms with Crippen LogP contribution in [0.1, 0.15) is 43.2 Å². The summed E-state index contributed by atoms with van der Waals surface area (Å²) in [5.41, 5.74) is 0.977. The molecule has 2 aliphatic carbocycles. The SMILES string of the molecule is C#CCNC(=O)NC1(C(=O)NC2CCCC2)CCc2ccccc21. The summed E-state index contributed by atoms with van der Waals surface area (Å²) in [5.74, 6) is 2.26. The molecule has 3 amide bonds. The van der Waals surface area contributed by atoms with Gasteiger partial charge in [-0.2, -0.15) is 0 Å². The highest BCUT2D eigenvalue weighted by Crippen LogP contribution is 2.37. The number of aryl methyl sites for hydroxylation is 1. The van der Waals surface area contributed by atoms with E-state index in [1.54, 1.807) is 0 Å². The van der Waals surface area contributed by atoms with E-state index < -0.39 is 11.6 Å². The van der Waals surface area contributed by atoms with E-state index in [1.165, 1.54) is 0 Å². The third-order valence-electron chi connectivity index (χ3n) is 5.00. The third-order valence-corrected chi connectivity index (χ3v) is 5.00. The zero-order valence-electron chi connectivity index (χ0n) is 13.7. The highest BCUT2D eigenvalue weighted by molar-refractivity contribution is 5.93. The lowest BCUT2D eigenvalue weighted by Gasteiger charge is -2.31. The number of benzene rings is 1. The molecule has 0 radical (unpaired) electrons. The second kappa shape index (κ2) is 6.96. The van der Waals surface area contributed by atoms with Crippen LogP contribution in [0.3, 0.4) is 0 Å². The zero-order chi connectivity index (χ0) is 17.0. The van der Waals surface area contributed by atoms with Crippen molar-refractivity contribution in [2.24, 2.45) is 0 Å².